The minimum Gasteiger partial charge on any atom is -0.437 e. The zero-order valence-corrected chi connectivity index (χ0v) is 12.5. The number of nitrogens with one attached hydrogen (secondary N) is 1. The van der Waals surface area contributed by atoms with E-state index >= 15 is 0 Å². The second-order valence-corrected chi connectivity index (χ2v) is 4.65. The van der Waals surface area contributed by atoms with E-state index < -0.39 is 11.9 Å². The van der Waals surface area contributed by atoms with Gasteiger partial charge in [0.1, 0.15) is 5.76 Å². The topological polar surface area (TPSA) is 80.3 Å². The van der Waals surface area contributed by atoms with Crippen molar-refractivity contribution in [2.75, 3.05) is 7.11 Å². The summed E-state index contributed by atoms with van der Waals surface area (Å²) >= 11 is 0. The van der Waals surface area contributed by atoms with E-state index in [0.717, 1.165) is 17.9 Å². The number of Topliss-reactive ketones (excluding diaryl/α,β-unsaturated/α-hetero) is 1. The number of benzene rings is 1. The third-order valence-electron chi connectivity index (χ3n) is 3.08. The van der Waals surface area contributed by atoms with Crippen LogP contribution in [-0.2, 0) is 14.3 Å². The number of carbonyl (C=O) groups is 2. The molecule has 0 spiro atoms. The summed E-state index contributed by atoms with van der Waals surface area (Å²) in [5, 5.41) is 9.30. The highest BCUT2D eigenvalue weighted by Crippen LogP contribution is 2.12. The van der Waals surface area contributed by atoms with Crippen molar-refractivity contribution in [3.63, 3.8) is 0 Å². The van der Waals surface area contributed by atoms with E-state index in [1.807, 2.05) is 30.3 Å². The Morgan fingerprint density at radius 1 is 1.26 bits per heavy atom. The summed E-state index contributed by atoms with van der Waals surface area (Å²) in [5.41, 5.74) is 0.0189. The molecule has 0 saturated heterocycles. The summed E-state index contributed by atoms with van der Waals surface area (Å²) in [6.07, 6.45) is 2.20. The van der Waals surface area contributed by atoms with Crippen LogP contribution in [0.4, 0.5) is 4.79 Å². The van der Waals surface area contributed by atoms with Crippen molar-refractivity contribution in [2.45, 2.75) is 6.42 Å². The van der Waals surface area contributed by atoms with Gasteiger partial charge in [-0.3, -0.25) is 10.2 Å². The quantitative estimate of drug-likeness (QED) is 0.302. The van der Waals surface area contributed by atoms with Crippen LogP contribution in [0.15, 0.2) is 55.1 Å². The Labute approximate surface area is 132 Å². The van der Waals surface area contributed by atoms with Crippen molar-refractivity contribution in [3.8, 4) is 0 Å². The largest absolute Gasteiger partial charge is 0.513 e. The fourth-order valence-electron chi connectivity index (χ4n) is 2.01. The highest BCUT2D eigenvalue weighted by atomic mass is 16.7. The van der Waals surface area contributed by atoms with E-state index in [1.165, 1.54) is 4.57 Å². The second kappa shape index (κ2) is 7.15. The highest BCUT2D eigenvalue weighted by molar-refractivity contribution is 6.20. The number of allylic oxidation sites excluding steroid dienone is 2. The molecule has 0 radical (unpaired) electrons. The predicted molar refractivity (Wildman–Crippen MR) is 83.8 cm³/mol. The smallest absolute Gasteiger partial charge is 0.437 e. The molecule has 0 amide bonds. The van der Waals surface area contributed by atoms with E-state index in [-0.39, 0.29) is 17.9 Å². The van der Waals surface area contributed by atoms with Crippen molar-refractivity contribution < 1.29 is 23.6 Å². The van der Waals surface area contributed by atoms with Crippen molar-refractivity contribution >= 4 is 34.3 Å². The second-order valence-electron chi connectivity index (χ2n) is 4.65. The summed E-state index contributed by atoms with van der Waals surface area (Å²) in [5.74, 6) is 1.61. The Morgan fingerprint density at radius 3 is 2.61 bits per heavy atom. The molecule has 0 atom stereocenters. The third kappa shape index (κ3) is 3.90. The lowest BCUT2D eigenvalue weighted by Crippen LogP contribution is -2.36. The molecule has 0 aliphatic carbocycles. The molecule has 116 valence electrons. The zero-order valence-electron chi connectivity index (χ0n) is 12.5. The maximum Gasteiger partial charge on any atom is 0.513 e. The van der Waals surface area contributed by atoms with E-state index in [4.69, 9.17) is 5.41 Å². The molecule has 23 heavy (non-hydrogen) atoms. The summed E-state index contributed by atoms with van der Waals surface area (Å²) in [6.45, 7) is 3.49. The number of ketones is 1. The van der Waals surface area contributed by atoms with Gasteiger partial charge >= 0.3 is 11.9 Å². The first kappa shape index (κ1) is 16.1. The Hall–Kier alpha value is -3.24. The standard InChI is InChI=1S/C17H15N2O4/c1-12(23-17(21)22-2)9-16(20)15(10-18)19-8-7-13-5-3-4-6-14(13)11-19/h3-8,11,18H,1,9H2,2H3/q+1. The van der Waals surface area contributed by atoms with Gasteiger partial charge in [-0.05, 0) is 11.5 Å². The van der Waals surface area contributed by atoms with E-state index in [2.05, 4.69) is 21.9 Å². The molecule has 2 aromatic rings. The molecule has 1 aromatic heterocycles. The van der Waals surface area contributed by atoms with Crippen LogP contribution >= 0.6 is 0 Å². The van der Waals surface area contributed by atoms with Crippen LogP contribution in [0.2, 0.25) is 0 Å². The van der Waals surface area contributed by atoms with Gasteiger partial charge in [0, 0.05) is 11.5 Å². The zero-order chi connectivity index (χ0) is 16.8. The summed E-state index contributed by atoms with van der Waals surface area (Å²) < 4.78 is 10.5. The summed E-state index contributed by atoms with van der Waals surface area (Å²) in [6, 6.07) is 9.48. The lowest BCUT2D eigenvalue weighted by atomic mass is 10.1. The number of hydrogen-bond donors (Lipinski definition) is 1. The molecule has 0 aliphatic heterocycles. The van der Waals surface area contributed by atoms with Crippen LogP contribution in [0.5, 0.6) is 0 Å². The number of methoxy groups -OCH3 is 1. The molecule has 1 aromatic carbocycles. The average molecular weight is 311 g/mol. The fraction of sp³-hybridized carbons (Fsp3) is 0.118. The number of hydrogen-bond acceptors (Lipinski definition) is 5. The molecule has 0 bridgehead atoms. The molecule has 0 unspecified atom stereocenters. The van der Waals surface area contributed by atoms with Crippen molar-refractivity contribution in [2.24, 2.45) is 0 Å². The Balaban J connectivity index is 2.21. The predicted octanol–water partition coefficient (Wildman–Crippen LogP) is 2.47. The van der Waals surface area contributed by atoms with Gasteiger partial charge < -0.3 is 9.47 Å². The molecule has 1 heterocycles. The number of rotatable bonds is 5. The molecule has 1 N–H and O–H groups in total. The van der Waals surface area contributed by atoms with Crippen LogP contribution < -0.4 is 4.57 Å². The Bertz CT molecular complexity index is 835. The first-order chi connectivity index (χ1) is 11.0. The van der Waals surface area contributed by atoms with E-state index in [0.29, 0.717) is 0 Å². The maximum absolute atomic E-state index is 12.3. The van der Waals surface area contributed by atoms with Crippen molar-refractivity contribution in [1.29, 1.82) is 5.41 Å². The van der Waals surface area contributed by atoms with Crippen LogP contribution in [0.3, 0.4) is 0 Å². The number of aromatic nitrogens is 1. The summed E-state index contributed by atoms with van der Waals surface area (Å²) in [4.78, 5) is 23.2. The Kier molecular flexibility index (Phi) is 5.02. The van der Waals surface area contributed by atoms with Gasteiger partial charge in [-0.15, -0.1) is 0 Å². The first-order valence-electron chi connectivity index (χ1n) is 6.72. The SMILES string of the molecule is C=C(CC(=O)C(=C=N)[n+]1ccc2ccccc2c1)OC(=O)OC. The number of ether oxygens (including phenoxy) is 2. The van der Waals surface area contributed by atoms with E-state index in [1.54, 1.807) is 12.4 Å². The number of carbonyl (C=O) groups excluding carboxylic acids is 2. The lowest BCUT2D eigenvalue weighted by molar-refractivity contribution is -0.574. The minimum absolute atomic E-state index is 0.0189. The van der Waals surface area contributed by atoms with Crippen LogP contribution in [0.25, 0.3) is 16.5 Å². The normalized spacial score (nSPS) is 9.78. The fourth-order valence-corrected chi connectivity index (χ4v) is 2.01. The van der Waals surface area contributed by atoms with Gasteiger partial charge in [0.15, 0.2) is 12.4 Å². The minimum atomic E-state index is -0.943. The molecule has 2 rings (SSSR count). The number of fused-ring (bicyclic) bond motifs is 1. The van der Waals surface area contributed by atoms with E-state index in [9.17, 15) is 9.59 Å². The van der Waals surface area contributed by atoms with Crippen LogP contribution in [0.1, 0.15) is 6.42 Å². The molecular weight excluding hydrogens is 296 g/mol. The molecule has 0 fully saturated rings. The summed E-state index contributed by atoms with van der Waals surface area (Å²) in [7, 11) is 1.16. The molecular formula is C17H15N2O4+. The van der Waals surface area contributed by atoms with Crippen molar-refractivity contribution in [1.82, 2.24) is 0 Å². The lowest BCUT2D eigenvalue weighted by Gasteiger charge is -2.04. The Morgan fingerprint density at radius 2 is 1.96 bits per heavy atom. The van der Waals surface area contributed by atoms with Gasteiger partial charge in [0.2, 0.25) is 5.78 Å². The van der Waals surface area contributed by atoms with Gasteiger partial charge in [-0.25, -0.2) is 4.79 Å². The molecule has 6 heteroatoms. The first-order valence-corrected chi connectivity index (χ1v) is 6.72. The van der Waals surface area contributed by atoms with Crippen molar-refractivity contribution in [3.05, 3.63) is 55.1 Å². The molecule has 6 nitrogen and oxygen atoms in total. The number of nitrogens with zero attached hydrogens (tertiary/aromatic N) is 1. The van der Waals surface area contributed by atoms with Gasteiger partial charge in [0.05, 0.1) is 19.4 Å². The maximum atomic E-state index is 12.3. The van der Waals surface area contributed by atoms with Gasteiger partial charge in [-0.1, -0.05) is 24.8 Å². The third-order valence-corrected chi connectivity index (χ3v) is 3.08. The van der Waals surface area contributed by atoms with Crippen LogP contribution in [-0.4, -0.2) is 24.9 Å². The molecule has 0 saturated carbocycles. The monoisotopic (exact) mass is 311 g/mol. The van der Waals surface area contributed by atoms with Gasteiger partial charge in [0.25, 0.3) is 0 Å². The van der Waals surface area contributed by atoms with Gasteiger partial charge in [-0.2, -0.15) is 4.57 Å². The molecule has 0 aliphatic rings. The number of pyridine rings is 1. The average Bonchev–Trinajstić information content (AvgIpc) is 2.55. The highest BCUT2D eigenvalue weighted by Gasteiger charge is 2.23. The van der Waals surface area contributed by atoms with Crippen LogP contribution in [0, 0.1) is 5.41 Å².